The Morgan fingerprint density at radius 2 is 0.703 bits per heavy atom. The number of benzene rings is 2. The third-order valence-electron chi connectivity index (χ3n) is 4.59. The van der Waals surface area contributed by atoms with Crippen molar-refractivity contribution in [3.05, 3.63) is 58.2 Å². The Kier molecular flexibility index (Phi) is 9.45. The molecule has 2 rings (SSSR count). The number of carbonyl (C=O) groups excluding carboxylic acids is 2. The molecule has 7 nitrogen and oxygen atoms in total. The molecular weight excluding hydrogens is 542 g/mol. The molecule has 0 radical (unpaired) electrons. The Morgan fingerprint density at radius 1 is 0.459 bits per heavy atom. The van der Waals surface area contributed by atoms with Crippen LogP contribution in [0.4, 0.5) is 43.9 Å². The number of hydrogen-bond acceptors (Lipinski definition) is 7. The molecule has 0 aliphatic heterocycles. The van der Waals surface area contributed by atoms with Gasteiger partial charge in [-0.2, -0.15) is 17.6 Å². The van der Waals surface area contributed by atoms with Crippen molar-refractivity contribution in [3.63, 3.8) is 0 Å². The molecule has 17 heteroatoms. The summed E-state index contributed by atoms with van der Waals surface area (Å²) in [7, 11) is 2.16. The molecule has 0 aliphatic rings. The van der Waals surface area contributed by atoms with E-state index in [9.17, 15) is 53.5 Å². The fourth-order valence-electron chi connectivity index (χ4n) is 2.80. The van der Waals surface area contributed by atoms with Gasteiger partial charge in [0.05, 0.1) is 0 Å². The van der Waals surface area contributed by atoms with Crippen LogP contribution < -0.4 is 9.47 Å². The SMILES string of the molecule is COC([C@H](OC)C(=O)Oc1c(F)c(F)c(F)c(F)c1F)[C@@H](OC)C(=O)Oc1c(F)c(F)c(F)c(F)c1F. The van der Waals surface area contributed by atoms with Gasteiger partial charge in [-0.1, -0.05) is 0 Å². The van der Waals surface area contributed by atoms with Crippen LogP contribution in [-0.4, -0.2) is 51.6 Å². The van der Waals surface area contributed by atoms with E-state index in [1.54, 1.807) is 0 Å². The van der Waals surface area contributed by atoms with Gasteiger partial charge in [-0.15, -0.1) is 0 Å². The van der Waals surface area contributed by atoms with Crippen molar-refractivity contribution < 1.29 is 77.2 Å². The van der Waals surface area contributed by atoms with Gasteiger partial charge >= 0.3 is 11.9 Å². The molecule has 37 heavy (non-hydrogen) atoms. The van der Waals surface area contributed by atoms with E-state index >= 15 is 0 Å². The number of halogens is 10. The summed E-state index contributed by atoms with van der Waals surface area (Å²) in [6.45, 7) is 0. The third-order valence-corrected chi connectivity index (χ3v) is 4.59. The fraction of sp³-hybridized carbons (Fsp3) is 0.300. The molecule has 0 amide bonds. The lowest BCUT2D eigenvalue weighted by Crippen LogP contribution is -2.51. The lowest BCUT2D eigenvalue weighted by molar-refractivity contribution is -0.174. The van der Waals surface area contributed by atoms with E-state index in [1.807, 2.05) is 0 Å². The number of ether oxygens (including phenoxy) is 5. The van der Waals surface area contributed by atoms with Gasteiger partial charge in [0, 0.05) is 21.3 Å². The topological polar surface area (TPSA) is 80.3 Å². The van der Waals surface area contributed by atoms with Crippen LogP contribution in [0.15, 0.2) is 0 Å². The average Bonchev–Trinajstić information content (AvgIpc) is 2.88. The normalized spacial score (nSPS) is 13.8. The zero-order chi connectivity index (χ0) is 28.4. The Balaban J connectivity index is 2.40. The van der Waals surface area contributed by atoms with Crippen molar-refractivity contribution in [2.75, 3.05) is 21.3 Å². The summed E-state index contributed by atoms with van der Waals surface area (Å²) >= 11 is 0. The summed E-state index contributed by atoms with van der Waals surface area (Å²) in [5.74, 6) is -33.2. The summed E-state index contributed by atoms with van der Waals surface area (Å²) in [6, 6.07) is 0. The third kappa shape index (κ3) is 5.47. The first kappa shape index (κ1) is 29.8. The minimum absolute atomic E-state index is 0.707. The van der Waals surface area contributed by atoms with Gasteiger partial charge in [-0.05, 0) is 0 Å². The number of hydrogen-bond donors (Lipinski definition) is 0. The Bertz CT molecular complexity index is 1070. The first-order chi connectivity index (χ1) is 17.2. The van der Waals surface area contributed by atoms with Crippen molar-refractivity contribution in [1.82, 2.24) is 0 Å². The first-order valence-corrected chi connectivity index (χ1v) is 9.29. The van der Waals surface area contributed by atoms with Crippen LogP contribution in [0.5, 0.6) is 11.5 Å². The standard InChI is InChI=1S/C20H12F10O7/c1-33-16(17(34-2)19(31)36-14-10(27)6(23)4(21)7(24)11(14)28)18(35-3)20(32)37-15-12(29)8(25)5(22)9(26)13(15)30/h16-18H,1-3H3/t16?,17-,18+. The van der Waals surface area contributed by atoms with Crippen LogP contribution >= 0.6 is 0 Å². The first-order valence-electron chi connectivity index (χ1n) is 9.29. The highest BCUT2D eigenvalue weighted by molar-refractivity contribution is 5.82. The van der Waals surface area contributed by atoms with Crippen LogP contribution in [0.2, 0.25) is 0 Å². The minimum atomic E-state index is -2.57. The van der Waals surface area contributed by atoms with Crippen molar-refractivity contribution in [3.8, 4) is 11.5 Å². The highest BCUT2D eigenvalue weighted by Gasteiger charge is 2.43. The largest absolute Gasteiger partial charge is 0.418 e. The smallest absolute Gasteiger partial charge is 0.343 e. The molecule has 0 bridgehead atoms. The van der Waals surface area contributed by atoms with E-state index in [2.05, 4.69) is 18.9 Å². The Hall–Kier alpha value is -3.44. The van der Waals surface area contributed by atoms with Crippen LogP contribution in [0.3, 0.4) is 0 Å². The highest BCUT2D eigenvalue weighted by atomic mass is 19.2. The summed E-state index contributed by atoms with van der Waals surface area (Å²) < 4.78 is 158. The second kappa shape index (κ2) is 11.7. The molecule has 0 aromatic heterocycles. The van der Waals surface area contributed by atoms with Gasteiger partial charge in [0.15, 0.2) is 12.2 Å². The zero-order valence-corrected chi connectivity index (χ0v) is 18.4. The quantitative estimate of drug-likeness (QED) is 0.154. The van der Waals surface area contributed by atoms with Crippen molar-refractivity contribution in [2.45, 2.75) is 18.3 Å². The number of rotatable bonds is 9. The number of carbonyl (C=O) groups is 2. The zero-order valence-electron chi connectivity index (χ0n) is 18.4. The van der Waals surface area contributed by atoms with Crippen LogP contribution in [-0.2, 0) is 23.8 Å². The molecule has 0 spiro atoms. The number of methoxy groups -OCH3 is 3. The maximum Gasteiger partial charge on any atom is 0.343 e. The van der Waals surface area contributed by atoms with Crippen molar-refractivity contribution >= 4 is 11.9 Å². The molecule has 3 atom stereocenters. The second-order valence-electron chi connectivity index (χ2n) is 6.65. The highest BCUT2D eigenvalue weighted by Crippen LogP contribution is 2.31. The van der Waals surface area contributed by atoms with Gasteiger partial charge in [0.1, 0.15) is 6.10 Å². The van der Waals surface area contributed by atoms with Crippen LogP contribution in [0.25, 0.3) is 0 Å². The summed E-state index contributed by atoms with van der Waals surface area (Å²) in [5, 5.41) is 0. The molecule has 204 valence electrons. The molecular formula is C20H12F10O7. The Morgan fingerprint density at radius 3 is 0.919 bits per heavy atom. The van der Waals surface area contributed by atoms with Gasteiger partial charge in [0.2, 0.25) is 69.7 Å². The van der Waals surface area contributed by atoms with E-state index in [-0.39, 0.29) is 0 Å². The predicted molar refractivity (Wildman–Crippen MR) is 96.1 cm³/mol. The van der Waals surface area contributed by atoms with E-state index in [0.717, 1.165) is 7.11 Å². The van der Waals surface area contributed by atoms with E-state index in [4.69, 9.17) is 4.74 Å². The fourth-order valence-corrected chi connectivity index (χ4v) is 2.80. The van der Waals surface area contributed by atoms with E-state index < -0.39 is 99.9 Å². The summed E-state index contributed by atoms with van der Waals surface area (Å²) in [4.78, 5) is 24.8. The molecule has 1 unspecified atom stereocenters. The van der Waals surface area contributed by atoms with Crippen LogP contribution in [0, 0.1) is 58.2 Å². The average molecular weight is 554 g/mol. The van der Waals surface area contributed by atoms with Crippen molar-refractivity contribution in [1.29, 1.82) is 0 Å². The molecule has 2 aromatic rings. The molecule has 0 fully saturated rings. The molecule has 2 aromatic carbocycles. The Labute approximate surface area is 199 Å². The van der Waals surface area contributed by atoms with Crippen molar-refractivity contribution in [2.24, 2.45) is 0 Å². The lowest BCUT2D eigenvalue weighted by Gasteiger charge is -2.28. The van der Waals surface area contributed by atoms with E-state index in [1.165, 1.54) is 0 Å². The molecule has 0 saturated heterocycles. The molecule has 0 saturated carbocycles. The van der Waals surface area contributed by atoms with Crippen LogP contribution in [0.1, 0.15) is 0 Å². The summed E-state index contributed by atoms with van der Waals surface area (Å²) in [6.07, 6.45) is -6.75. The lowest BCUT2D eigenvalue weighted by atomic mass is 10.1. The second-order valence-corrected chi connectivity index (χ2v) is 6.65. The van der Waals surface area contributed by atoms with E-state index in [0.29, 0.717) is 14.2 Å². The van der Waals surface area contributed by atoms with Gasteiger partial charge < -0.3 is 23.7 Å². The number of esters is 2. The maximum atomic E-state index is 13.8. The molecule has 0 aliphatic carbocycles. The predicted octanol–water partition coefficient (Wildman–Crippen LogP) is 3.63. The minimum Gasteiger partial charge on any atom is -0.418 e. The maximum absolute atomic E-state index is 13.8. The monoisotopic (exact) mass is 554 g/mol. The van der Waals surface area contributed by atoms with Gasteiger partial charge in [-0.3, -0.25) is 0 Å². The molecule has 0 heterocycles. The van der Waals surface area contributed by atoms with Gasteiger partial charge in [-0.25, -0.2) is 35.9 Å². The summed E-state index contributed by atoms with van der Waals surface area (Å²) in [5.41, 5.74) is 0. The van der Waals surface area contributed by atoms with Gasteiger partial charge in [0.25, 0.3) is 0 Å². The molecule has 0 N–H and O–H groups in total.